The van der Waals surface area contributed by atoms with E-state index >= 15 is 0 Å². The Morgan fingerprint density at radius 2 is 1.74 bits per heavy atom. The highest BCUT2D eigenvalue weighted by Crippen LogP contribution is 2.47. The molecule has 0 bridgehead atoms. The molecule has 3 heterocycles. The van der Waals surface area contributed by atoms with Gasteiger partial charge < -0.3 is 28.8 Å². The molecule has 13 nitrogen and oxygen atoms in total. The molecule has 14 heteroatoms. The molecule has 2 aromatic carbocycles. The van der Waals surface area contributed by atoms with E-state index in [1.807, 2.05) is 30.3 Å². The van der Waals surface area contributed by atoms with E-state index in [1.54, 1.807) is 11.0 Å². The third-order valence-corrected chi connectivity index (χ3v) is 12.9. The summed E-state index contributed by atoms with van der Waals surface area (Å²) in [6, 6.07) is 13.2. The summed E-state index contributed by atoms with van der Waals surface area (Å²) >= 11 is 0. The number of benzene rings is 2. The van der Waals surface area contributed by atoms with Crippen LogP contribution in [0.2, 0.25) is 0 Å². The first kappa shape index (κ1) is 39.0. The van der Waals surface area contributed by atoms with Gasteiger partial charge in [-0.15, -0.1) is 0 Å². The first-order chi connectivity index (χ1) is 25.2. The van der Waals surface area contributed by atoms with Crippen LogP contribution < -0.4 is 9.46 Å². The SMILES string of the molecule is COC(CN(C)S(=O)(=O)NC(=O)c1ccc2c(C3CCCCC3)c3n(c2c1)C[C@@H](N(C)[C@H]1CCN(C(=O)O)C1C(C)(C)C)COc1ccccc1-3)OC. The number of para-hydroxylation sites is 1. The van der Waals surface area contributed by atoms with Crippen molar-refractivity contribution in [1.29, 1.82) is 0 Å². The van der Waals surface area contributed by atoms with Gasteiger partial charge in [-0.1, -0.05) is 58.2 Å². The lowest BCUT2D eigenvalue weighted by molar-refractivity contribution is -0.106. The molecule has 0 radical (unpaired) electrons. The number of fused-ring (bicyclic) bond motifs is 5. The first-order valence-electron chi connectivity index (χ1n) is 18.6. The molecule has 2 N–H and O–H groups in total. The topological polar surface area (TPSA) is 143 Å². The van der Waals surface area contributed by atoms with Crippen LogP contribution in [0.25, 0.3) is 22.2 Å². The molecule has 0 spiro atoms. The van der Waals surface area contributed by atoms with Crippen LogP contribution in [-0.4, -0.2) is 117 Å². The zero-order chi connectivity index (χ0) is 38.2. The summed E-state index contributed by atoms with van der Waals surface area (Å²) in [7, 11) is 2.05. The number of likely N-dealkylation sites (N-methyl/N-ethyl adjacent to an activating group) is 2. The number of nitrogens with zero attached hydrogens (tertiary/aromatic N) is 4. The van der Waals surface area contributed by atoms with Gasteiger partial charge in [-0.05, 0) is 67.5 Å². The van der Waals surface area contributed by atoms with E-state index in [9.17, 15) is 23.1 Å². The number of methoxy groups -OCH3 is 2. The van der Waals surface area contributed by atoms with Crippen molar-refractivity contribution in [1.82, 2.24) is 23.4 Å². The summed E-state index contributed by atoms with van der Waals surface area (Å²) in [6.07, 6.45) is 4.57. The number of carboxylic acid groups (broad SMARTS) is 1. The van der Waals surface area contributed by atoms with Crippen LogP contribution in [0.3, 0.4) is 0 Å². The average Bonchev–Trinajstić information content (AvgIpc) is 3.71. The van der Waals surface area contributed by atoms with E-state index in [0.29, 0.717) is 32.0 Å². The van der Waals surface area contributed by atoms with Crippen molar-refractivity contribution in [3.63, 3.8) is 0 Å². The van der Waals surface area contributed by atoms with Crippen LogP contribution in [0.4, 0.5) is 4.79 Å². The zero-order valence-electron chi connectivity index (χ0n) is 32.0. The van der Waals surface area contributed by atoms with Gasteiger partial charge in [-0.25, -0.2) is 9.52 Å². The molecule has 3 aliphatic rings. The Labute approximate surface area is 313 Å². The van der Waals surface area contributed by atoms with E-state index in [2.05, 4.69) is 48.1 Å². The summed E-state index contributed by atoms with van der Waals surface area (Å²) in [6.45, 7) is 7.53. The molecule has 2 fully saturated rings. The monoisotopic (exact) mass is 753 g/mol. The molecule has 6 rings (SSSR count). The minimum absolute atomic E-state index is 0.0446. The second-order valence-electron chi connectivity index (χ2n) is 15.8. The maximum Gasteiger partial charge on any atom is 0.407 e. The first-order valence-corrected chi connectivity index (χ1v) is 20.0. The van der Waals surface area contributed by atoms with Gasteiger partial charge in [0, 0.05) is 62.4 Å². The number of carbonyl (C=O) groups excluding carboxylic acids is 1. The van der Waals surface area contributed by atoms with E-state index in [0.717, 1.165) is 57.9 Å². The van der Waals surface area contributed by atoms with Crippen LogP contribution in [0.5, 0.6) is 5.75 Å². The second kappa shape index (κ2) is 15.6. The highest BCUT2D eigenvalue weighted by Gasteiger charge is 2.47. The van der Waals surface area contributed by atoms with Gasteiger partial charge in [-0.2, -0.15) is 12.7 Å². The van der Waals surface area contributed by atoms with Crippen LogP contribution in [-0.2, 0) is 26.2 Å². The standard InChI is InChI=1S/C39H55N5O8S/c1-39(2,3)36-30(19-20-43(36)38(46)47)42(5)27-22-44-31-21-26(37(45)40-53(48,49)41(4)23-33(50-6)51-7)17-18-28(31)34(25-13-9-8-10-14-25)35(44)29-15-11-12-16-32(29)52-24-27/h11-12,15-18,21,25,27,30,33,36H,8-10,13-14,19-20,22-24H2,1-7H3,(H,40,45)(H,46,47)/t27-,30+,36?/m1/s1. The van der Waals surface area contributed by atoms with Gasteiger partial charge >= 0.3 is 16.3 Å². The van der Waals surface area contributed by atoms with Gasteiger partial charge in [0.2, 0.25) is 0 Å². The number of ether oxygens (including phenoxy) is 3. The van der Waals surface area contributed by atoms with Crippen molar-refractivity contribution in [2.75, 3.05) is 48.0 Å². The number of hydrogen-bond acceptors (Lipinski definition) is 8. The summed E-state index contributed by atoms with van der Waals surface area (Å²) in [5.41, 5.74) is 4.04. The number of carbonyl (C=O) groups is 2. The molecule has 1 aromatic heterocycles. The summed E-state index contributed by atoms with van der Waals surface area (Å²) < 4.78 is 49.0. The molecule has 1 aliphatic carbocycles. The fourth-order valence-corrected chi connectivity index (χ4v) is 9.65. The molecule has 2 aliphatic heterocycles. The maximum absolute atomic E-state index is 13.7. The van der Waals surface area contributed by atoms with Gasteiger partial charge in [0.1, 0.15) is 12.4 Å². The number of likely N-dealkylation sites (tertiary alicyclic amines) is 1. The number of aromatic nitrogens is 1. The number of nitrogens with one attached hydrogen (secondary N) is 1. The molecule has 1 unspecified atom stereocenters. The zero-order valence-corrected chi connectivity index (χ0v) is 32.8. The Hall–Kier alpha value is -3.69. The van der Waals surface area contributed by atoms with Crippen LogP contribution >= 0.6 is 0 Å². The van der Waals surface area contributed by atoms with Crippen molar-refractivity contribution in [3.8, 4) is 17.0 Å². The predicted octanol–water partition coefficient (Wildman–Crippen LogP) is 5.74. The quantitative estimate of drug-likeness (QED) is 0.248. The van der Waals surface area contributed by atoms with Crippen molar-refractivity contribution in [2.24, 2.45) is 5.41 Å². The lowest BCUT2D eigenvalue weighted by Gasteiger charge is -2.43. The number of amides is 2. The van der Waals surface area contributed by atoms with E-state index in [1.165, 1.54) is 33.3 Å². The smallest absolute Gasteiger partial charge is 0.407 e. The van der Waals surface area contributed by atoms with Crippen molar-refractivity contribution < 1.29 is 37.3 Å². The highest BCUT2D eigenvalue weighted by atomic mass is 32.2. The summed E-state index contributed by atoms with van der Waals surface area (Å²) in [5, 5.41) is 11.2. The predicted molar refractivity (Wildman–Crippen MR) is 203 cm³/mol. The van der Waals surface area contributed by atoms with E-state index < -0.39 is 28.5 Å². The van der Waals surface area contributed by atoms with Crippen LogP contribution in [0.1, 0.15) is 81.1 Å². The van der Waals surface area contributed by atoms with Gasteiger partial charge in [0.05, 0.1) is 24.3 Å². The molecule has 1 saturated carbocycles. The summed E-state index contributed by atoms with van der Waals surface area (Å²) in [4.78, 5) is 30.0. The second-order valence-corrected chi connectivity index (χ2v) is 17.6. The van der Waals surface area contributed by atoms with Gasteiger partial charge in [0.25, 0.3) is 5.91 Å². The number of hydrogen-bond donors (Lipinski definition) is 2. The Morgan fingerprint density at radius 1 is 1.04 bits per heavy atom. The minimum Gasteiger partial charge on any atom is -0.491 e. The molecule has 1 saturated heterocycles. The van der Waals surface area contributed by atoms with E-state index in [4.69, 9.17) is 14.2 Å². The van der Waals surface area contributed by atoms with E-state index in [-0.39, 0.29) is 35.6 Å². The largest absolute Gasteiger partial charge is 0.491 e. The Kier molecular flexibility index (Phi) is 11.5. The fraction of sp³-hybridized carbons (Fsp3) is 0.590. The molecule has 3 aromatic rings. The third kappa shape index (κ3) is 7.79. The van der Waals surface area contributed by atoms with Crippen LogP contribution in [0.15, 0.2) is 42.5 Å². The van der Waals surface area contributed by atoms with Crippen molar-refractivity contribution >= 4 is 33.1 Å². The molecule has 2 amide bonds. The third-order valence-electron chi connectivity index (χ3n) is 11.5. The molecular formula is C39H55N5O8S. The van der Waals surface area contributed by atoms with Crippen LogP contribution in [0, 0.1) is 5.41 Å². The van der Waals surface area contributed by atoms with Gasteiger partial charge in [0.15, 0.2) is 6.29 Å². The normalized spacial score (nSPS) is 21.4. The Bertz CT molecular complexity index is 1910. The molecule has 3 atom stereocenters. The average molecular weight is 754 g/mol. The number of rotatable bonds is 10. The molecule has 290 valence electrons. The van der Waals surface area contributed by atoms with Gasteiger partial charge in [-0.3, -0.25) is 9.69 Å². The molecular weight excluding hydrogens is 699 g/mol. The lowest BCUT2D eigenvalue weighted by Crippen LogP contribution is -2.56. The van der Waals surface area contributed by atoms with Crippen molar-refractivity contribution in [3.05, 3.63) is 53.6 Å². The van der Waals surface area contributed by atoms with Crippen molar-refractivity contribution in [2.45, 2.75) is 96.2 Å². The maximum atomic E-state index is 13.7. The minimum atomic E-state index is -4.22. The highest BCUT2D eigenvalue weighted by molar-refractivity contribution is 7.87. The summed E-state index contributed by atoms with van der Waals surface area (Å²) in [5.74, 6) is 0.338. The Balaban J connectivity index is 1.46. The fourth-order valence-electron chi connectivity index (χ4n) is 8.83. The Morgan fingerprint density at radius 3 is 2.40 bits per heavy atom. The molecule has 53 heavy (non-hydrogen) atoms. The lowest BCUT2D eigenvalue weighted by atomic mass is 9.81.